The predicted octanol–water partition coefficient (Wildman–Crippen LogP) is 3.67. The number of carbonyl (C=O) groups excluding carboxylic acids is 3. The summed E-state index contributed by atoms with van der Waals surface area (Å²) in [5, 5.41) is 2.73. The molecule has 2 heterocycles. The summed E-state index contributed by atoms with van der Waals surface area (Å²) in [6, 6.07) is 14.5. The van der Waals surface area contributed by atoms with Crippen LogP contribution in [0.15, 0.2) is 54.2 Å². The van der Waals surface area contributed by atoms with E-state index in [-0.39, 0.29) is 24.3 Å². The van der Waals surface area contributed by atoms with E-state index in [0.29, 0.717) is 28.4 Å². The van der Waals surface area contributed by atoms with Crippen LogP contribution in [0.25, 0.3) is 5.57 Å². The number of imide groups is 1. The lowest BCUT2D eigenvalue weighted by atomic mass is 9.97. The molecule has 3 amide bonds. The molecule has 0 spiro atoms. The minimum absolute atomic E-state index is 0.164. The highest BCUT2D eigenvalue weighted by atomic mass is 16.5. The van der Waals surface area contributed by atoms with Crippen molar-refractivity contribution in [1.82, 2.24) is 9.80 Å². The number of nitrogens with one attached hydrogen (secondary N) is 1. The first kappa shape index (κ1) is 22.6. The molecular formula is C26H29N3O4. The van der Waals surface area contributed by atoms with Crippen LogP contribution in [0.5, 0.6) is 5.75 Å². The second-order valence-electron chi connectivity index (χ2n) is 8.70. The molecule has 7 heteroatoms. The molecule has 172 valence electrons. The fraction of sp³-hybridized carbons (Fsp3) is 0.346. The number of piperidine rings is 1. The van der Waals surface area contributed by atoms with Gasteiger partial charge in [0.1, 0.15) is 11.4 Å². The monoisotopic (exact) mass is 447 g/mol. The van der Waals surface area contributed by atoms with E-state index < -0.39 is 0 Å². The maximum absolute atomic E-state index is 13.6. The van der Waals surface area contributed by atoms with Gasteiger partial charge in [0.25, 0.3) is 11.8 Å². The standard InChI is InChI=1S/C26H29N3O4/c1-17-12-14-28(15-13-17)24-23(20-6-8-21(9-7-20)27-18(2)30)25(31)29(26(24)32)16-19-4-10-22(33-3)11-5-19/h4-11,17H,12-16H2,1-3H3,(H,27,30). The zero-order chi connectivity index (χ0) is 23.5. The van der Waals surface area contributed by atoms with Crippen LogP contribution in [0.1, 0.15) is 37.8 Å². The third-order valence-electron chi connectivity index (χ3n) is 6.24. The van der Waals surface area contributed by atoms with Gasteiger partial charge >= 0.3 is 0 Å². The Hall–Kier alpha value is -3.61. The number of methoxy groups -OCH3 is 1. The first-order valence-electron chi connectivity index (χ1n) is 11.2. The van der Waals surface area contributed by atoms with E-state index in [1.807, 2.05) is 24.3 Å². The highest BCUT2D eigenvalue weighted by Gasteiger charge is 2.42. The summed E-state index contributed by atoms with van der Waals surface area (Å²) in [6.07, 6.45) is 1.97. The zero-order valence-corrected chi connectivity index (χ0v) is 19.3. The van der Waals surface area contributed by atoms with E-state index in [1.54, 1.807) is 31.4 Å². The smallest absolute Gasteiger partial charge is 0.278 e. The van der Waals surface area contributed by atoms with Gasteiger partial charge < -0.3 is 15.0 Å². The Labute approximate surface area is 194 Å². The highest BCUT2D eigenvalue weighted by Crippen LogP contribution is 2.35. The summed E-state index contributed by atoms with van der Waals surface area (Å²) in [7, 11) is 1.60. The number of rotatable bonds is 6. The maximum atomic E-state index is 13.6. The van der Waals surface area contributed by atoms with Gasteiger partial charge in [-0.1, -0.05) is 31.2 Å². The molecular weight excluding hydrogens is 418 g/mol. The van der Waals surface area contributed by atoms with Crippen LogP contribution in [0.4, 0.5) is 5.69 Å². The molecule has 0 aromatic heterocycles. The molecule has 1 fully saturated rings. The van der Waals surface area contributed by atoms with E-state index in [4.69, 9.17) is 4.74 Å². The van der Waals surface area contributed by atoms with E-state index in [1.165, 1.54) is 11.8 Å². The minimum Gasteiger partial charge on any atom is -0.497 e. The Bertz CT molecular complexity index is 1080. The van der Waals surface area contributed by atoms with Crippen molar-refractivity contribution in [2.75, 3.05) is 25.5 Å². The number of benzene rings is 2. The van der Waals surface area contributed by atoms with Crippen molar-refractivity contribution in [3.8, 4) is 5.75 Å². The van der Waals surface area contributed by atoms with Crippen LogP contribution in [0.2, 0.25) is 0 Å². The molecule has 0 radical (unpaired) electrons. The molecule has 0 aliphatic carbocycles. The summed E-state index contributed by atoms with van der Waals surface area (Å²) >= 11 is 0. The fourth-order valence-corrected chi connectivity index (χ4v) is 4.33. The van der Waals surface area contributed by atoms with Gasteiger partial charge in [-0.05, 0) is 54.2 Å². The average molecular weight is 448 g/mol. The molecule has 7 nitrogen and oxygen atoms in total. The van der Waals surface area contributed by atoms with Gasteiger partial charge in [-0.2, -0.15) is 0 Å². The summed E-state index contributed by atoms with van der Waals surface area (Å²) < 4.78 is 5.21. The maximum Gasteiger partial charge on any atom is 0.278 e. The van der Waals surface area contributed by atoms with Crippen molar-refractivity contribution < 1.29 is 19.1 Å². The van der Waals surface area contributed by atoms with Gasteiger partial charge in [0.2, 0.25) is 5.91 Å². The molecule has 0 bridgehead atoms. The Morgan fingerprint density at radius 1 is 1.00 bits per heavy atom. The van der Waals surface area contributed by atoms with Crippen molar-refractivity contribution in [1.29, 1.82) is 0 Å². The number of carbonyl (C=O) groups is 3. The Kier molecular flexibility index (Phi) is 6.49. The SMILES string of the molecule is COc1ccc(CN2C(=O)C(c3ccc(NC(C)=O)cc3)=C(N3CCC(C)CC3)C2=O)cc1. The molecule has 2 aliphatic rings. The molecule has 33 heavy (non-hydrogen) atoms. The summed E-state index contributed by atoms with van der Waals surface area (Å²) in [6.45, 7) is 5.36. The van der Waals surface area contributed by atoms with Crippen LogP contribution in [-0.4, -0.2) is 47.7 Å². The van der Waals surface area contributed by atoms with Gasteiger partial charge in [-0.3, -0.25) is 19.3 Å². The Morgan fingerprint density at radius 2 is 1.64 bits per heavy atom. The molecule has 2 aromatic rings. The lowest BCUT2D eigenvalue weighted by molar-refractivity contribution is -0.138. The average Bonchev–Trinajstić information content (AvgIpc) is 3.05. The van der Waals surface area contributed by atoms with Crippen molar-refractivity contribution in [2.45, 2.75) is 33.2 Å². The molecule has 0 atom stereocenters. The van der Waals surface area contributed by atoms with Crippen molar-refractivity contribution >= 4 is 29.0 Å². The second kappa shape index (κ2) is 9.48. The first-order valence-corrected chi connectivity index (χ1v) is 11.2. The quantitative estimate of drug-likeness (QED) is 0.684. The third-order valence-corrected chi connectivity index (χ3v) is 6.24. The third kappa shape index (κ3) is 4.77. The minimum atomic E-state index is -0.295. The number of nitrogens with zero attached hydrogens (tertiary/aromatic N) is 2. The fourth-order valence-electron chi connectivity index (χ4n) is 4.33. The van der Waals surface area contributed by atoms with Crippen molar-refractivity contribution in [3.05, 3.63) is 65.4 Å². The lowest BCUT2D eigenvalue weighted by Gasteiger charge is -2.32. The zero-order valence-electron chi connectivity index (χ0n) is 19.3. The van der Waals surface area contributed by atoms with Crippen LogP contribution in [0, 0.1) is 5.92 Å². The molecule has 2 aliphatic heterocycles. The number of hydrogen-bond acceptors (Lipinski definition) is 5. The summed E-state index contributed by atoms with van der Waals surface area (Å²) in [4.78, 5) is 41.8. The molecule has 1 saturated heterocycles. The molecule has 0 saturated carbocycles. The summed E-state index contributed by atoms with van der Waals surface area (Å²) in [5.41, 5.74) is 3.08. The van der Waals surface area contributed by atoms with Gasteiger partial charge in [0.15, 0.2) is 0 Å². The van der Waals surface area contributed by atoms with Crippen LogP contribution in [-0.2, 0) is 20.9 Å². The van der Waals surface area contributed by atoms with E-state index in [9.17, 15) is 14.4 Å². The molecule has 2 aromatic carbocycles. The molecule has 1 N–H and O–H groups in total. The Morgan fingerprint density at radius 3 is 2.21 bits per heavy atom. The van der Waals surface area contributed by atoms with Gasteiger partial charge in [-0.15, -0.1) is 0 Å². The van der Waals surface area contributed by atoms with E-state index in [0.717, 1.165) is 37.2 Å². The predicted molar refractivity (Wildman–Crippen MR) is 126 cm³/mol. The number of amides is 3. The van der Waals surface area contributed by atoms with Gasteiger partial charge in [0, 0.05) is 25.7 Å². The van der Waals surface area contributed by atoms with Crippen LogP contribution in [0.3, 0.4) is 0 Å². The highest BCUT2D eigenvalue weighted by molar-refractivity contribution is 6.35. The largest absolute Gasteiger partial charge is 0.497 e. The number of hydrogen-bond donors (Lipinski definition) is 1. The van der Waals surface area contributed by atoms with Gasteiger partial charge in [0.05, 0.1) is 19.2 Å². The van der Waals surface area contributed by atoms with Crippen molar-refractivity contribution in [2.24, 2.45) is 5.92 Å². The van der Waals surface area contributed by atoms with E-state index >= 15 is 0 Å². The number of anilines is 1. The van der Waals surface area contributed by atoms with Crippen molar-refractivity contribution in [3.63, 3.8) is 0 Å². The van der Waals surface area contributed by atoms with Gasteiger partial charge in [-0.25, -0.2) is 0 Å². The number of ether oxygens (including phenoxy) is 1. The first-order chi connectivity index (χ1) is 15.9. The topological polar surface area (TPSA) is 79.0 Å². The Balaban J connectivity index is 1.67. The lowest BCUT2D eigenvalue weighted by Crippen LogP contribution is -2.38. The molecule has 0 unspecified atom stereocenters. The summed E-state index contributed by atoms with van der Waals surface area (Å²) in [5.74, 6) is 0.606. The number of likely N-dealkylation sites (tertiary alicyclic amines) is 1. The van der Waals surface area contributed by atoms with Crippen LogP contribution >= 0.6 is 0 Å². The van der Waals surface area contributed by atoms with E-state index in [2.05, 4.69) is 17.1 Å². The molecule has 4 rings (SSSR count). The second-order valence-corrected chi connectivity index (χ2v) is 8.70. The normalized spacial score (nSPS) is 17.1. The van der Waals surface area contributed by atoms with Crippen LogP contribution < -0.4 is 10.1 Å².